The number of nitrogens with one attached hydrogen (secondary N) is 2. The number of anilines is 1. The zero-order chi connectivity index (χ0) is 14.6. The molecule has 1 aliphatic rings. The van der Waals surface area contributed by atoms with Gasteiger partial charge in [-0.15, -0.1) is 0 Å². The van der Waals surface area contributed by atoms with Gasteiger partial charge >= 0.3 is 0 Å². The summed E-state index contributed by atoms with van der Waals surface area (Å²) >= 11 is 0. The Morgan fingerprint density at radius 2 is 2.10 bits per heavy atom. The standard InChI is InChI=1S/C16H24N2O2/c1-12(20)18-14-7-5-13(6-8-14)10-17-15-4-3-9-16(15,2)11-19/h5-8,15,17,19H,3-4,9-11H2,1-2H3,(H,18,20). The minimum Gasteiger partial charge on any atom is -0.396 e. The van der Waals surface area contributed by atoms with Crippen LogP contribution in [0.25, 0.3) is 0 Å². The monoisotopic (exact) mass is 276 g/mol. The van der Waals surface area contributed by atoms with Crippen molar-refractivity contribution in [1.29, 1.82) is 0 Å². The SMILES string of the molecule is CC(=O)Nc1ccc(CNC2CCCC2(C)CO)cc1. The van der Waals surface area contributed by atoms with Crippen LogP contribution in [0.3, 0.4) is 0 Å². The Labute approximate surface area is 120 Å². The average molecular weight is 276 g/mol. The number of hydrogen-bond acceptors (Lipinski definition) is 3. The molecule has 0 radical (unpaired) electrons. The van der Waals surface area contributed by atoms with Crippen molar-refractivity contribution in [2.45, 2.75) is 45.7 Å². The van der Waals surface area contributed by atoms with E-state index in [2.05, 4.69) is 17.6 Å². The summed E-state index contributed by atoms with van der Waals surface area (Å²) in [6, 6.07) is 8.24. The third-order valence-corrected chi connectivity index (χ3v) is 4.27. The minimum absolute atomic E-state index is 0.0100. The van der Waals surface area contributed by atoms with E-state index in [4.69, 9.17) is 0 Å². The van der Waals surface area contributed by atoms with Gasteiger partial charge in [-0.25, -0.2) is 0 Å². The highest BCUT2D eigenvalue weighted by Gasteiger charge is 2.37. The van der Waals surface area contributed by atoms with Crippen LogP contribution in [-0.4, -0.2) is 23.7 Å². The van der Waals surface area contributed by atoms with E-state index in [0.29, 0.717) is 6.04 Å². The van der Waals surface area contributed by atoms with Crippen LogP contribution in [0.1, 0.15) is 38.7 Å². The number of benzene rings is 1. The molecule has 2 unspecified atom stereocenters. The third-order valence-electron chi connectivity index (χ3n) is 4.27. The van der Waals surface area contributed by atoms with Crippen molar-refractivity contribution in [3.05, 3.63) is 29.8 Å². The molecule has 1 aliphatic carbocycles. The number of aliphatic hydroxyl groups excluding tert-OH is 1. The lowest BCUT2D eigenvalue weighted by Gasteiger charge is -2.30. The van der Waals surface area contributed by atoms with Crippen LogP contribution in [-0.2, 0) is 11.3 Å². The molecule has 0 aromatic heterocycles. The highest BCUT2D eigenvalue weighted by Crippen LogP contribution is 2.37. The van der Waals surface area contributed by atoms with Gasteiger partial charge in [-0.2, -0.15) is 0 Å². The highest BCUT2D eigenvalue weighted by molar-refractivity contribution is 5.88. The van der Waals surface area contributed by atoms with Crippen LogP contribution in [0.5, 0.6) is 0 Å². The van der Waals surface area contributed by atoms with E-state index in [1.54, 1.807) is 0 Å². The molecule has 2 rings (SSSR count). The van der Waals surface area contributed by atoms with Crippen molar-refractivity contribution in [1.82, 2.24) is 5.32 Å². The predicted molar refractivity (Wildman–Crippen MR) is 80.4 cm³/mol. The first-order valence-electron chi connectivity index (χ1n) is 7.24. The molecule has 1 aromatic rings. The number of aliphatic hydroxyl groups is 1. The average Bonchev–Trinajstić information content (AvgIpc) is 2.79. The molecule has 0 saturated heterocycles. The van der Waals surface area contributed by atoms with Crippen molar-refractivity contribution in [3.63, 3.8) is 0 Å². The quantitative estimate of drug-likeness (QED) is 0.773. The van der Waals surface area contributed by atoms with E-state index < -0.39 is 0 Å². The number of carbonyl (C=O) groups excluding carboxylic acids is 1. The molecule has 1 aromatic carbocycles. The summed E-state index contributed by atoms with van der Waals surface area (Å²) in [7, 11) is 0. The Morgan fingerprint density at radius 1 is 1.40 bits per heavy atom. The van der Waals surface area contributed by atoms with E-state index in [1.807, 2.05) is 24.3 Å². The van der Waals surface area contributed by atoms with Gasteiger partial charge in [-0.1, -0.05) is 25.5 Å². The van der Waals surface area contributed by atoms with Crippen molar-refractivity contribution in [2.24, 2.45) is 5.41 Å². The summed E-state index contributed by atoms with van der Waals surface area (Å²) < 4.78 is 0. The van der Waals surface area contributed by atoms with Gasteiger partial charge in [0, 0.05) is 37.2 Å². The zero-order valence-corrected chi connectivity index (χ0v) is 12.3. The Hall–Kier alpha value is -1.39. The van der Waals surface area contributed by atoms with E-state index in [0.717, 1.165) is 25.1 Å². The first-order valence-corrected chi connectivity index (χ1v) is 7.24. The molecule has 3 N–H and O–H groups in total. The number of amides is 1. The van der Waals surface area contributed by atoms with Crippen molar-refractivity contribution >= 4 is 11.6 Å². The Balaban J connectivity index is 1.89. The molecule has 0 spiro atoms. The molecule has 1 saturated carbocycles. The van der Waals surface area contributed by atoms with Crippen LogP contribution in [0.15, 0.2) is 24.3 Å². The van der Waals surface area contributed by atoms with Gasteiger partial charge < -0.3 is 15.7 Å². The number of hydrogen-bond donors (Lipinski definition) is 3. The maximum atomic E-state index is 11.0. The Kier molecular flexibility index (Phi) is 4.78. The normalized spacial score (nSPS) is 25.6. The molecular formula is C16H24N2O2. The Morgan fingerprint density at radius 3 is 2.70 bits per heavy atom. The first kappa shape index (κ1) is 15.0. The third kappa shape index (κ3) is 3.58. The number of rotatable bonds is 5. The summed E-state index contributed by atoms with van der Waals surface area (Å²) in [5, 5.41) is 15.8. The molecule has 4 heteroatoms. The van der Waals surface area contributed by atoms with Crippen LogP contribution in [0.4, 0.5) is 5.69 Å². The lowest BCUT2D eigenvalue weighted by atomic mass is 9.86. The summed E-state index contributed by atoms with van der Waals surface area (Å²) in [4.78, 5) is 11.0. The number of carbonyl (C=O) groups is 1. The minimum atomic E-state index is -0.0551. The van der Waals surface area contributed by atoms with Crippen molar-refractivity contribution < 1.29 is 9.90 Å². The maximum absolute atomic E-state index is 11.0. The zero-order valence-electron chi connectivity index (χ0n) is 12.3. The van der Waals surface area contributed by atoms with Gasteiger partial charge in [0.05, 0.1) is 0 Å². The lowest BCUT2D eigenvalue weighted by molar-refractivity contribution is -0.114. The van der Waals surface area contributed by atoms with Crippen LogP contribution >= 0.6 is 0 Å². The topological polar surface area (TPSA) is 61.4 Å². The predicted octanol–water partition coefficient (Wildman–Crippen LogP) is 2.29. The molecular weight excluding hydrogens is 252 g/mol. The second-order valence-electron chi connectivity index (χ2n) is 6.02. The molecule has 20 heavy (non-hydrogen) atoms. The second-order valence-corrected chi connectivity index (χ2v) is 6.02. The van der Waals surface area contributed by atoms with Crippen molar-refractivity contribution in [2.75, 3.05) is 11.9 Å². The summed E-state index contributed by atoms with van der Waals surface area (Å²) in [5.74, 6) is -0.0551. The first-order chi connectivity index (χ1) is 9.53. The fourth-order valence-corrected chi connectivity index (χ4v) is 2.92. The fourth-order valence-electron chi connectivity index (χ4n) is 2.92. The van der Waals surface area contributed by atoms with Gasteiger partial charge in [0.25, 0.3) is 0 Å². The smallest absolute Gasteiger partial charge is 0.221 e. The Bertz CT molecular complexity index is 458. The van der Waals surface area contributed by atoms with Crippen molar-refractivity contribution in [3.8, 4) is 0 Å². The van der Waals surface area contributed by atoms with Gasteiger partial charge in [0.2, 0.25) is 5.91 Å². The van der Waals surface area contributed by atoms with Gasteiger partial charge in [0.1, 0.15) is 0 Å². The summed E-state index contributed by atoms with van der Waals surface area (Å²) in [6.45, 7) is 4.69. The van der Waals surface area contributed by atoms with E-state index in [-0.39, 0.29) is 17.9 Å². The van der Waals surface area contributed by atoms with Gasteiger partial charge in [0.15, 0.2) is 0 Å². The lowest BCUT2D eigenvalue weighted by Crippen LogP contribution is -2.41. The molecule has 4 nitrogen and oxygen atoms in total. The van der Waals surface area contributed by atoms with Crippen LogP contribution in [0.2, 0.25) is 0 Å². The molecule has 2 atom stereocenters. The maximum Gasteiger partial charge on any atom is 0.221 e. The van der Waals surface area contributed by atoms with E-state index in [1.165, 1.54) is 18.9 Å². The molecule has 0 heterocycles. The summed E-state index contributed by atoms with van der Waals surface area (Å²) in [5.41, 5.74) is 2.02. The second kappa shape index (κ2) is 6.37. The fraction of sp³-hybridized carbons (Fsp3) is 0.562. The van der Waals surface area contributed by atoms with E-state index in [9.17, 15) is 9.90 Å². The van der Waals surface area contributed by atoms with E-state index >= 15 is 0 Å². The van der Waals surface area contributed by atoms with Gasteiger partial charge in [-0.05, 0) is 30.5 Å². The van der Waals surface area contributed by atoms with Crippen LogP contribution in [0, 0.1) is 5.41 Å². The largest absolute Gasteiger partial charge is 0.396 e. The molecule has 0 bridgehead atoms. The molecule has 110 valence electrons. The molecule has 1 fully saturated rings. The summed E-state index contributed by atoms with van der Waals surface area (Å²) in [6.07, 6.45) is 3.39. The molecule has 0 aliphatic heterocycles. The highest BCUT2D eigenvalue weighted by atomic mass is 16.3. The van der Waals surface area contributed by atoms with Crippen LogP contribution < -0.4 is 10.6 Å². The molecule has 1 amide bonds. The van der Waals surface area contributed by atoms with Gasteiger partial charge in [-0.3, -0.25) is 4.79 Å².